The summed E-state index contributed by atoms with van der Waals surface area (Å²) in [7, 11) is 0. The highest BCUT2D eigenvalue weighted by molar-refractivity contribution is 5.83. The Kier molecular flexibility index (Phi) is 7.04. The number of nitrogen functional groups attached to an aromatic ring is 1. The quantitative estimate of drug-likeness (QED) is 0.312. The van der Waals surface area contributed by atoms with Gasteiger partial charge in [0.2, 0.25) is 0 Å². The van der Waals surface area contributed by atoms with Crippen LogP contribution in [0.25, 0.3) is 16.1 Å². The molecule has 37 heavy (non-hydrogen) atoms. The van der Waals surface area contributed by atoms with E-state index in [1.165, 1.54) is 0 Å². The summed E-state index contributed by atoms with van der Waals surface area (Å²) in [5, 5.41) is 4.73. The SMILES string of the molecule is [C-]#[N+]c1c(-c2ccc(Oc3ccccc3)cc2)nn(C2CCCN(C(=O)OCc3ccccc3)C2)c1N. The van der Waals surface area contributed by atoms with Crippen LogP contribution >= 0.6 is 0 Å². The molecule has 2 heterocycles. The number of aromatic nitrogens is 2. The van der Waals surface area contributed by atoms with Crippen molar-refractivity contribution in [3.8, 4) is 22.8 Å². The molecular weight excluding hydrogens is 466 g/mol. The maximum Gasteiger partial charge on any atom is 0.410 e. The van der Waals surface area contributed by atoms with Crippen LogP contribution in [0, 0.1) is 6.57 Å². The zero-order chi connectivity index (χ0) is 25.6. The molecule has 0 spiro atoms. The number of benzene rings is 3. The molecule has 1 aliphatic heterocycles. The van der Waals surface area contributed by atoms with Crippen molar-refractivity contribution >= 4 is 17.6 Å². The molecule has 1 aliphatic rings. The number of ether oxygens (including phenoxy) is 2. The first-order valence-electron chi connectivity index (χ1n) is 12.2. The zero-order valence-electron chi connectivity index (χ0n) is 20.3. The first-order valence-corrected chi connectivity index (χ1v) is 12.2. The summed E-state index contributed by atoms with van der Waals surface area (Å²) in [5.41, 5.74) is 8.93. The first-order chi connectivity index (χ1) is 18.1. The molecule has 0 bridgehead atoms. The highest BCUT2D eigenvalue weighted by Gasteiger charge is 2.29. The predicted octanol–water partition coefficient (Wildman–Crippen LogP) is 6.45. The fourth-order valence-corrected chi connectivity index (χ4v) is 4.46. The van der Waals surface area contributed by atoms with E-state index in [-0.39, 0.29) is 18.7 Å². The van der Waals surface area contributed by atoms with E-state index >= 15 is 0 Å². The Morgan fingerprint density at radius 1 is 1.00 bits per heavy atom. The Morgan fingerprint density at radius 2 is 1.68 bits per heavy atom. The molecule has 4 aromatic rings. The number of piperidine rings is 1. The summed E-state index contributed by atoms with van der Waals surface area (Å²) in [4.78, 5) is 18.1. The molecular formula is C29H27N5O3. The molecule has 0 radical (unpaired) electrons. The smallest absolute Gasteiger partial charge is 0.410 e. The Bertz CT molecular complexity index is 1400. The summed E-state index contributed by atoms with van der Waals surface area (Å²) in [6.07, 6.45) is 1.23. The van der Waals surface area contributed by atoms with Gasteiger partial charge in [-0.1, -0.05) is 60.7 Å². The lowest BCUT2D eigenvalue weighted by molar-refractivity contribution is 0.0791. The van der Waals surface area contributed by atoms with Gasteiger partial charge in [-0.05, 0) is 48.2 Å². The van der Waals surface area contributed by atoms with Gasteiger partial charge in [-0.25, -0.2) is 9.64 Å². The number of hydrogen-bond donors (Lipinski definition) is 1. The third-order valence-electron chi connectivity index (χ3n) is 6.35. The molecule has 1 unspecified atom stereocenters. The lowest BCUT2D eigenvalue weighted by Crippen LogP contribution is -2.41. The second-order valence-electron chi connectivity index (χ2n) is 8.86. The number of nitrogens with zero attached hydrogens (tertiary/aromatic N) is 4. The standard InChI is InChI=1S/C29H27N5O3/c1-31-27-26(22-14-16-25(17-15-22)37-24-12-6-3-7-13-24)32-34(28(27)30)23-11-8-18-33(19-23)29(35)36-20-21-9-4-2-5-10-21/h2-7,9-10,12-17,23H,8,11,18-20,30H2. The number of amides is 1. The highest BCUT2D eigenvalue weighted by Crippen LogP contribution is 2.38. The van der Waals surface area contributed by atoms with Crippen molar-refractivity contribution in [3.05, 3.63) is 102 Å². The molecule has 8 heteroatoms. The van der Waals surface area contributed by atoms with Crippen LogP contribution in [0.15, 0.2) is 84.9 Å². The van der Waals surface area contributed by atoms with Crippen LogP contribution in [0.3, 0.4) is 0 Å². The summed E-state index contributed by atoms with van der Waals surface area (Å²) >= 11 is 0. The normalized spacial score (nSPS) is 15.1. The minimum atomic E-state index is -0.362. The van der Waals surface area contributed by atoms with E-state index < -0.39 is 0 Å². The van der Waals surface area contributed by atoms with Crippen LogP contribution in [0.4, 0.5) is 16.3 Å². The van der Waals surface area contributed by atoms with Crippen LogP contribution in [0.2, 0.25) is 0 Å². The van der Waals surface area contributed by atoms with E-state index in [0.29, 0.717) is 36.0 Å². The Hall–Kier alpha value is -4.77. The molecule has 1 amide bonds. The van der Waals surface area contributed by atoms with Crippen LogP contribution < -0.4 is 10.5 Å². The van der Waals surface area contributed by atoms with Crippen molar-refractivity contribution in [2.24, 2.45) is 0 Å². The van der Waals surface area contributed by atoms with Gasteiger partial charge < -0.3 is 20.1 Å². The number of nitrogens with two attached hydrogens (primary N) is 1. The van der Waals surface area contributed by atoms with E-state index in [1.54, 1.807) is 9.58 Å². The number of rotatable bonds is 6. The van der Waals surface area contributed by atoms with Gasteiger partial charge in [0.15, 0.2) is 0 Å². The van der Waals surface area contributed by atoms with Gasteiger partial charge in [0.1, 0.15) is 29.6 Å². The Morgan fingerprint density at radius 3 is 2.38 bits per heavy atom. The molecule has 2 N–H and O–H groups in total. The second kappa shape index (κ2) is 10.9. The average molecular weight is 494 g/mol. The average Bonchev–Trinajstić information content (AvgIpc) is 3.29. The van der Waals surface area contributed by atoms with Gasteiger partial charge in [-0.15, -0.1) is 0 Å². The van der Waals surface area contributed by atoms with Crippen molar-refractivity contribution < 1.29 is 14.3 Å². The van der Waals surface area contributed by atoms with Gasteiger partial charge >= 0.3 is 6.09 Å². The van der Waals surface area contributed by atoms with E-state index in [1.807, 2.05) is 84.9 Å². The van der Waals surface area contributed by atoms with Crippen LogP contribution in [-0.4, -0.2) is 33.9 Å². The molecule has 1 aromatic heterocycles. The van der Waals surface area contributed by atoms with Gasteiger partial charge in [0, 0.05) is 13.1 Å². The summed E-state index contributed by atoms with van der Waals surface area (Å²) < 4.78 is 13.1. The predicted molar refractivity (Wildman–Crippen MR) is 141 cm³/mol. The maximum absolute atomic E-state index is 12.7. The molecule has 1 saturated heterocycles. The molecule has 5 rings (SSSR count). The number of carbonyl (C=O) groups excluding carboxylic acids is 1. The first kappa shape index (κ1) is 23.9. The van der Waals surface area contributed by atoms with E-state index in [2.05, 4.69) is 4.85 Å². The lowest BCUT2D eigenvalue weighted by Gasteiger charge is -2.32. The van der Waals surface area contributed by atoms with Crippen LogP contribution in [0.1, 0.15) is 24.4 Å². The number of hydrogen-bond acceptors (Lipinski definition) is 5. The maximum atomic E-state index is 12.7. The molecule has 1 fully saturated rings. The second-order valence-corrected chi connectivity index (χ2v) is 8.86. The van der Waals surface area contributed by atoms with Gasteiger partial charge in [0.25, 0.3) is 5.69 Å². The monoisotopic (exact) mass is 493 g/mol. The third kappa shape index (κ3) is 5.41. The van der Waals surface area contributed by atoms with E-state index in [4.69, 9.17) is 26.9 Å². The number of para-hydroxylation sites is 1. The fraction of sp³-hybridized carbons (Fsp3) is 0.207. The van der Waals surface area contributed by atoms with E-state index in [0.717, 1.165) is 29.7 Å². The summed E-state index contributed by atoms with van der Waals surface area (Å²) in [6, 6.07) is 26.4. The van der Waals surface area contributed by atoms with Crippen molar-refractivity contribution in [3.63, 3.8) is 0 Å². The zero-order valence-corrected chi connectivity index (χ0v) is 20.3. The third-order valence-corrected chi connectivity index (χ3v) is 6.35. The number of likely N-dealkylation sites (tertiary alicyclic amines) is 1. The van der Waals surface area contributed by atoms with Gasteiger partial charge in [-0.2, -0.15) is 5.10 Å². The van der Waals surface area contributed by atoms with Crippen molar-refractivity contribution in [2.45, 2.75) is 25.5 Å². The van der Waals surface area contributed by atoms with Gasteiger partial charge in [-0.3, -0.25) is 4.68 Å². The molecule has 3 aromatic carbocycles. The van der Waals surface area contributed by atoms with Crippen molar-refractivity contribution in [1.82, 2.24) is 14.7 Å². The molecule has 0 saturated carbocycles. The molecule has 0 aliphatic carbocycles. The van der Waals surface area contributed by atoms with Crippen molar-refractivity contribution in [2.75, 3.05) is 18.8 Å². The van der Waals surface area contributed by atoms with Crippen molar-refractivity contribution in [1.29, 1.82) is 0 Å². The summed E-state index contributed by atoms with van der Waals surface area (Å²) in [5.74, 6) is 1.73. The minimum Gasteiger partial charge on any atom is -0.457 e. The molecule has 8 nitrogen and oxygen atoms in total. The topological polar surface area (TPSA) is 87.0 Å². The minimum absolute atomic E-state index is 0.145. The fourth-order valence-electron chi connectivity index (χ4n) is 4.46. The molecule has 1 atom stereocenters. The van der Waals surface area contributed by atoms with Crippen LogP contribution in [-0.2, 0) is 11.3 Å². The van der Waals surface area contributed by atoms with Crippen LogP contribution in [0.5, 0.6) is 11.5 Å². The Balaban J connectivity index is 1.30. The highest BCUT2D eigenvalue weighted by atomic mass is 16.6. The molecule has 186 valence electrons. The summed E-state index contributed by atoms with van der Waals surface area (Å²) in [6.45, 7) is 8.97. The number of carbonyl (C=O) groups is 1. The van der Waals surface area contributed by atoms with E-state index in [9.17, 15) is 4.79 Å². The number of anilines is 1. The largest absolute Gasteiger partial charge is 0.457 e. The Labute approximate surface area is 215 Å². The lowest BCUT2D eigenvalue weighted by atomic mass is 10.1. The van der Waals surface area contributed by atoms with Gasteiger partial charge in [0.05, 0.1) is 12.6 Å².